The Labute approximate surface area is 178 Å². The Hall–Kier alpha value is -2.15. The van der Waals surface area contributed by atoms with Gasteiger partial charge in [-0.3, -0.25) is 4.98 Å². The third-order valence-electron chi connectivity index (χ3n) is 3.90. The van der Waals surface area contributed by atoms with Gasteiger partial charge in [0, 0.05) is 30.9 Å². The summed E-state index contributed by atoms with van der Waals surface area (Å²) in [7, 11) is 1.62. The van der Waals surface area contributed by atoms with Crippen LogP contribution in [0.15, 0.2) is 48.8 Å². The molecule has 0 aliphatic heterocycles. The van der Waals surface area contributed by atoms with Crippen molar-refractivity contribution in [2.45, 2.75) is 16.6 Å². The second-order valence-corrected chi connectivity index (χ2v) is 8.20. The molecule has 0 aliphatic rings. The summed E-state index contributed by atoms with van der Waals surface area (Å²) < 4.78 is 3.64. The predicted molar refractivity (Wildman–Crippen MR) is 111 cm³/mol. The molecule has 0 unspecified atom stereocenters. The van der Waals surface area contributed by atoms with Gasteiger partial charge in [0.15, 0.2) is 5.82 Å². The molecule has 0 amide bonds. The first-order chi connectivity index (χ1) is 13.5. The molecule has 0 saturated heterocycles. The van der Waals surface area contributed by atoms with Gasteiger partial charge in [-0.2, -0.15) is 9.97 Å². The second kappa shape index (κ2) is 9.37. The molecule has 0 fully saturated rings. The third-order valence-corrected chi connectivity index (χ3v) is 4.40. The van der Waals surface area contributed by atoms with E-state index in [1.165, 1.54) is 0 Å². The van der Waals surface area contributed by atoms with Crippen LogP contribution < -0.4 is 10.1 Å². The first-order valence-electron chi connectivity index (χ1n) is 8.52. The minimum atomic E-state index is -1.75. The first-order valence-corrected chi connectivity index (χ1v) is 9.66. The minimum absolute atomic E-state index is 0.0706. The van der Waals surface area contributed by atoms with Crippen molar-refractivity contribution in [3.05, 3.63) is 71.6 Å². The molecular weight excluding hydrogens is 421 g/mol. The third kappa shape index (κ3) is 5.67. The number of halogens is 3. The lowest BCUT2D eigenvalue weighted by molar-refractivity contribution is 0.410. The van der Waals surface area contributed by atoms with Crippen LogP contribution >= 0.6 is 34.8 Å². The number of nitrogens with one attached hydrogen (secondary N) is 1. The topological polar surface area (TPSA) is 72.8 Å². The molecular formula is C19H18Cl3N5O. The average Bonchev–Trinajstić information content (AvgIpc) is 2.68. The van der Waals surface area contributed by atoms with E-state index in [1.54, 1.807) is 13.3 Å². The van der Waals surface area contributed by atoms with Crippen molar-refractivity contribution in [2.24, 2.45) is 0 Å². The molecule has 3 aromatic rings. The summed E-state index contributed by atoms with van der Waals surface area (Å²) in [6.07, 6.45) is 4.72. The first kappa shape index (κ1) is 20.6. The molecule has 2 heterocycles. The van der Waals surface area contributed by atoms with Crippen molar-refractivity contribution in [2.75, 3.05) is 19.0 Å². The molecule has 0 saturated carbocycles. The molecule has 1 aromatic carbocycles. The fourth-order valence-corrected chi connectivity index (χ4v) is 2.84. The van der Waals surface area contributed by atoms with Crippen molar-refractivity contribution in [3.8, 4) is 5.75 Å². The van der Waals surface area contributed by atoms with E-state index in [4.69, 9.17) is 39.5 Å². The van der Waals surface area contributed by atoms with E-state index in [-0.39, 0.29) is 5.82 Å². The zero-order valence-electron chi connectivity index (χ0n) is 15.1. The van der Waals surface area contributed by atoms with Crippen molar-refractivity contribution in [1.82, 2.24) is 19.9 Å². The van der Waals surface area contributed by atoms with Crippen LogP contribution in [0.3, 0.4) is 0 Å². The summed E-state index contributed by atoms with van der Waals surface area (Å²) >= 11 is 18.0. The van der Waals surface area contributed by atoms with E-state index >= 15 is 0 Å². The fourth-order valence-electron chi connectivity index (χ4n) is 2.59. The van der Waals surface area contributed by atoms with Crippen molar-refractivity contribution in [3.63, 3.8) is 0 Å². The van der Waals surface area contributed by atoms with Crippen LogP contribution in [0.5, 0.6) is 5.75 Å². The highest BCUT2D eigenvalue weighted by molar-refractivity contribution is 6.66. The Kier molecular flexibility index (Phi) is 6.88. The van der Waals surface area contributed by atoms with E-state index in [1.807, 2.05) is 42.6 Å². The summed E-state index contributed by atoms with van der Waals surface area (Å²) in [5.74, 6) is 1.64. The molecule has 1 N–H and O–H groups in total. The molecule has 2 aromatic heterocycles. The maximum atomic E-state index is 6.01. The Bertz CT molecular complexity index is 919. The molecule has 0 radical (unpaired) electrons. The van der Waals surface area contributed by atoms with E-state index in [0.717, 1.165) is 23.3 Å². The number of aromatic nitrogens is 4. The molecule has 0 atom stereocenters. The van der Waals surface area contributed by atoms with Gasteiger partial charge in [-0.15, -0.1) is 0 Å². The monoisotopic (exact) mass is 437 g/mol. The van der Waals surface area contributed by atoms with Gasteiger partial charge in [-0.05, 0) is 24.1 Å². The molecule has 9 heteroatoms. The van der Waals surface area contributed by atoms with Crippen LogP contribution in [0, 0.1) is 0 Å². The maximum Gasteiger partial charge on any atom is 0.250 e. The Morgan fingerprint density at radius 3 is 2.57 bits per heavy atom. The van der Waals surface area contributed by atoms with Crippen LogP contribution in [-0.2, 0) is 16.6 Å². The summed E-state index contributed by atoms with van der Waals surface area (Å²) in [5, 5.41) is 3.16. The van der Waals surface area contributed by atoms with Gasteiger partial charge in [0.2, 0.25) is 9.74 Å². The number of hydrogen-bond donors (Lipinski definition) is 1. The summed E-state index contributed by atoms with van der Waals surface area (Å²) in [6, 6.07) is 11.5. The van der Waals surface area contributed by atoms with Crippen molar-refractivity contribution in [1.29, 1.82) is 0 Å². The van der Waals surface area contributed by atoms with Crippen LogP contribution in [-0.4, -0.2) is 33.6 Å². The number of methoxy groups -OCH3 is 1. The van der Waals surface area contributed by atoms with Gasteiger partial charge in [0.1, 0.15) is 11.6 Å². The number of nitrogens with zero attached hydrogens (tertiary/aromatic N) is 4. The molecule has 146 valence electrons. The van der Waals surface area contributed by atoms with Crippen molar-refractivity contribution < 1.29 is 4.74 Å². The summed E-state index contributed by atoms with van der Waals surface area (Å²) in [5.41, 5.74) is 2.02. The van der Waals surface area contributed by atoms with E-state index in [2.05, 4.69) is 25.3 Å². The molecule has 0 aliphatic carbocycles. The number of pyridine rings is 1. The summed E-state index contributed by atoms with van der Waals surface area (Å²) in [4.78, 5) is 17.1. The highest BCUT2D eigenvalue weighted by Crippen LogP contribution is 2.36. The van der Waals surface area contributed by atoms with Crippen LogP contribution in [0.1, 0.15) is 22.8 Å². The molecule has 0 spiro atoms. The van der Waals surface area contributed by atoms with Gasteiger partial charge < -0.3 is 10.1 Å². The largest absolute Gasteiger partial charge is 0.496 e. The standard InChI is InChI=1S/C19H18Cl3N5O/c1-28-15-7-3-2-6-14(15)11-16-25-17(19(20,21)22)27-18(26-16)24-10-8-13-5-4-9-23-12-13/h2-7,9,12H,8,10-11H2,1H3,(H,24,25,26,27). The number of rotatable bonds is 7. The number of anilines is 1. The van der Waals surface area contributed by atoms with Gasteiger partial charge in [0.05, 0.1) is 7.11 Å². The molecule has 0 bridgehead atoms. The lowest BCUT2D eigenvalue weighted by Gasteiger charge is -2.14. The van der Waals surface area contributed by atoms with Gasteiger partial charge >= 0.3 is 0 Å². The number of hydrogen-bond acceptors (Lipinski definition) is 6. The number of para-hydroxylation sites is 1. The number of alkyl halides is 3. The lowest BCUT2D eigenvalue weighted by atomic mass is 10.1. The average molecular weight is 439 g/mol. The second-order valence-electron chi connectivity index (χ2n) is 5.92. The lowest BCUT2D eigenvalue weighted by Crippen LogP contribution is -2.16. The van der Waals surface area contributed by atoms with E-state index in [9.17, 15) is 0 Å². The molecule has 3 rings (SSSR count). The fraction of sp³-hybridized carbons (Fsp3) is 0.263. The zero-order chi connectivity index (χ0) is 20.0. The number of benzene rings is 1. The minimum Gasteiger partial charge on any atom is -0.496 e. The van der Waals surface area contributed by atoms with E-state index < -0.39 is 3.79 Å². The SMILES string of the molecule is COc1ccccc1Cc1nc(NCCc2cccnc2)nc(C(Cl)(Cl)Cl)n1. The molecule has 6 nitrogen and oxygen atoms in total. The van der Waals surface area contributed by atoms with Crippen LogP contribution in [0.2, 0.25) is 0 Å². The quantitative estimate of drug-likeness (QED) is 0.553. The van der Waals surface area contributed by atoms with Gasteiger partial charge in [0.25, 0.3) is 0 Å². The Morgan fingerprint density at radius 1 is 1.04 bits per heavy atom. The van der Waals surface area contributed by atoms with Crippen LogP contribution in [0.25, 0.3) is 0 Å². The Morgan fingerprint density at radius 2 is 1.86 bits per heavy atom. The zero-order valence-corrected chi connectivity index (χ0v) is 17.3. The normalized spacial score (nSPS) is 11.3. The number of ether oxygens (including phenoxy) is 1. The Balaban J connectivity index is 1.80. The van der Waals surface area contributed by atoms with Gasteiger partial charge in [-0.1, -0.05) is 59.1 Å². The highest BCUT2D eigenvalue weighted by Gasteiger charge is 2.28. The van der Waals surface area contributed by atoms with E-state index in [0.29, 0.717) is 24.7 Å². The van der Waals surface area contributed by atoms with Crippen LogP contribution in [0.4, 0.5) is 5.95 Å². The highest BCUT2D eigenvalue weighted by atomic mass is 35.6. The summed E-state index contributed by atoms with van der Waals surface area (Å²) in [6.45, 7) is 0.600. The van der Waals surface area contributed by atoms with Gasteiger partial charge in [-0.25, -0.2) is 4.98 Å². The molecule has 28 heavy (non-hydrogen) atoms. The smallest absolute Gasteiger partial charge is 0.250 e. The maximum absolute atomic E-state index is 6.01. The van der Waals surface area contributed by atoms with Crippen molar-refractivity contribution >= 4 is 40.8 Å². The predicted octanol–water partition coefficient (Wildman–Crippen LogP) is 4.35.